The molecule has 0 amide bonds. The van der Waals surface area contributed by atoms with E-state index in [0.717, 1.165) is 6.54 Å². The van der Waals surface area contributed by atoms with Crippen LogP contribution in [0.15, 0.2) is 12.8 Å². The number of hydrazine groups is 1. The molecule has 0 bridgehead atoms. The van der Waals surface area contributed by atoms with Crippen molar-refractivity contribution in [2.75, 3.05) is 20.6 Å². The molecule has 0 saturated carbocycles. The molecule has 0 aliphatic rings. The highest BCUT2D eigenvalue weighted by atomic mass is 15.6. The molecule has 0 spiro atoms. The third-order valence-corrected chi connectivity index (χ3v) is 1.05. The van der Waals surface area contributed by atoms with E-state index in [-0.39, 0.29) is 0 Å². The summed E-state index contributed by atoms with van der Waals surface area (Å²) in [6.45, 7) is 6.70. The predicted octanol–water partition coefficient (Wildman–Crippen LogP) is 0.928. The fourth-order valence-corrected chi connectivity index (χ4v) is 0.575. The Morgan fingerprint density at radius 2 is 2.00 bits per heavy atom. The van der Waals surface area contributed by atoms with Crippen LogP contribution >= 0.6 is 0 Å². The summed E-state index contributed by atoms with van der Waals surface area (Å²) in [6.07, 6.45) is 1.81. The lowest BCUT2D eigenvalue weighted by atomic mass is 10.7. The summed E-state index contributed by atoms with van der Waals surface area (Å²) in [5.74, 6) is 0. The minimum atomic E-state index is 0.983. The van der Waals surface area contributed by atoms with E-state index in [4.69, 9.17) is 0 Å². The van der Waals surface area contributed by atoms with Crippen LogP contribution in [0.2, 0.25) is 0 Å². The SMILES string of the molecule is C=CN(CC)N(C)C. The predicted molar refractivity (Wildman–Crippen MR) is 36.3 cm³/mol. The minimum Gasteiger partial charge on any atom is -0.314 e. The Labute approximate surface area is 51.4 Å². The molecule has 0 rings (SSSR count). The number of hydrogen-bond donors (Lipinski definition) is 0. The molecule has 0 atom stereocenters. The van der Waals surface area contributed by atoms with Crippen LogP contribution in [0.5, 0.6) is 0 Å². The van der Waals surface area contributed by atoms with Gasteiger partial charge in [-0.15, -0.1) is 0 Å². The van der Waals surface area contributed by atoms with Gasteiger partial charge in [0.15, 0.2) is 0 Å². The average Bonchev–Trinajstić information content (AvgIpc) is 1.69. The van der Waals surface area contributed by atoms with Crippen LogP contribution in [0.25, 0.3) is 0 Å². The molecule has 0 aromatic rings. The molecule has 2 nitrogen and oxygen atoms in total. The molecule has 0 radical (unpaired) electrons. The molecule has 48 valence electrons. The van der Waals surface area contributed by atoms with Crippen molar-refractivity contribution in [3.05, 3.63) is 12.8 Å². The molecule has 0 aliphatic carbocycles. The van der Waals surface area contributed by atoms with Gasteiger partial charge in [-0.05, 0) is 6.92 Å². The van der Waals surface area contributed by atoms with Crippen LogP contribution in [-0.4, -0.2) is 30.7 Å². The molecule has 0 aliphatic heterocycles. The fourth-order valence-electron chi connectivity index (χ4n) is 0.575. The van der Waals surface area contributed by atoms with Crippen molar-refractivity contribution in [2.45, 2.75) is 6.92 Å². The monoisotopic (exact) mass is 114 g/mol. The Morgan fingerprint density at radius 3 is 2.00 bits per heavy atom. The maximum absolute atomic E-state index is 3.64. The zero-order valence-electron chi connectivity index (χ0n) is 5.89. The maximum Gasteiger partial charge on any atom is 0.0311 e. The van der Waals surface area contributed by atoms with Crippen molar-refractivity contribution >= 4 is 0 Å². The van der Waals surface area contributed by atoms with Gasteiger partial charge < -0.3 is 5.01 Å². The van der Waals surface area contributed by atoms with E-state index in [1.165, 1.54) is 0 Å². The summed E-state index contributed by atoms with van der Waals surface area (Å²) in [6, 6.07) is 0. The normalized spacial score (nSPS) is 9.50. The van der Waals surface area contributed by atoms with Crippen molar-refractivity contribution in [3.8, 4) is 0 Å². The van der Waals surface area contributed by atoms with Gasteiger partial charge in [-0.3, -0.25) is 0 Å². The lowest BCUT2D eigenvalue weighted by Gasteiger charge is -2.24. The first-order chi connectivity index (χ1) is 3.72. The van der Waals surface area contributed by atoms with Gasteiger partial charge in [-0.25, -0.2) is 5.01 Å². The van der Waals surface area contributed by atoms with Crippen molar-refractivity contribution in [1.29, 1.82) is 0 Å². The molecule has 0 saturated heterocycles. The molecule has 2 heteroatoms. The van der Waals surface area contributed by atoms with Gasteiger partial charge >= 0.3 is 0 Å². The Bertz CT molecular complexity index is 68.9. The fraction of sp³-hybridized carbons (Fsp3) is 0.667. The number of hydrogen-bond acceptors (Lipinski definition) is 2. The molecule has 0 fully saturated rings. The van der Waals surface area contributed by atoms with E-state index in [9.17, 15) is 0 Å². The summed E-state index contributed by atoms with van der Waals surface area (Å²) in [5, 5.41) is 4.01. The molecule has 0 heterocycles. The van der Waals surface area contributed by atoms with Gasteiger partial charge in [0.2, 0.25) is 0 Å². The summed E-state index contributed by atoms with van der Waals surface area (Å²) < 4.78 is 0. The Balaban J connectivity index is 3.51. The first-order valence-electron chi connectivity index (χ1n) is 2.78. The molecular weight excluding hydrogens is 100 g/mol. The summed E-state index contributed by atoms with van der Waals surface area (Å²) >= 11 is 0. The maximum atomic E-state index is 3.64. The Morgan fingerprint density at radius 1 is 1.50 bits per heavy atom. The highest BCUT2D eigenvalue weighted by Crippen LogP contribution is 1.87. The van der Waals surface area contributed by atoms with E-state index in [0.29, 0.717) is 0 Å². The summed E-state index contributed by atoms with van der Waals surface area (Å²) in [7, 11) is 3.98. The second-order valence-corrected chi connectivity index (χ2v) is 1.79. The molecule has 0 unspecified atom stereocenters. The highest BCUT2D eigenvalue weighted by molar-refractivity contribution is 4.63. The largest absolute Gasteiger partial charge is 0.314 e. The lowest BCUT2D eigenvalue weighted by Crippen LogP contribution is -2.31. The third kappa shape index (κ3) is 1.98. The summed E-state index contributed by atoms with van der Waals surface area (Å²) in [5.41, 5.74) is 0. The van der Waals surface area contributed by atoms with Crippen LogP contribution in [0.1, 0.15) is 6.92 Å². The van der Waals surface area contributed by atoms with Crippen LogP contribution in [-0.2, 0) is 0 Å². The van der Waals surface area contributed by atoms with E-state index in [1.807, 2.05) is 24.1 Å². The van der Waals surface area contributed by atoms with Gasteiger partial charge in [-0.1, -0.05) is 6.58 Å². The van der Waals surface area contributed by atoms with Gasteiger partial charge in [0.1, 0.15) is 0 Å². The zero-order chi connectivity index (χ0) is 6.57. The third-order valence-electron chi connectivity index (χ3n) is 1.05. The highest BCUT2D eigenvalue weighted by Gasteiger charge is 1.92. The molecule has 8 heavy (non-hydrogen) atoms. The van der Waals surface area contributed by atoms with Gasteiger partial charge in [0.25, 0.3) is 0 Å². The lowest BCUT2D eigenvalue weighted by molar-refractivity contribution is 0.0899. The summed E-state index contributed by atoms with van der Waals surface area (Å²) in [4.78, 5) is 0. The number of nitrogens with zero attached hydrogens (tertiary/aromatic N) is 2. The number of rotatable bonds is 3. The van der Waals surface area contributed by atoms with E-state index >= 15 is 0 Å². The van der Waals surface area contributed by atoms with Crippen LogP contribution in [0, 0.1) is 0 Å². The first-order valence-corrected chi connectivity index (χ1v) is 2.78. The van der Waals surface area contributed by atoms with Gasteiger partial charge in [0.05, 0.1) is 0 Å². The van der Waals surface area contributed by atoms with Crippen molar-refractivity contribution in [2.24, 2.45) is 0 Å². The molecule has 0 N–H and O–H groups in total. The smallest absolute Gasteiger partial charge is 0.0311 e. The molecule has 0 aromatic heterocycles. The molecular formula is C6H14N2. The second kappa shape index (κ2) is 3.50. The van der Waals surface area contributed by atoms with E-state index < -0.39 is 0 Å². The van der Waals surface area contributed by atoms with Crippen LogP contribution in [0.4, 0.5) is 0 Å². The van der Waals surface area contributed by atoms with Crippen LogP contribution < -0.4 is 0 Å². The first kappa shape index (κ1) is 7.50. The quantitative estimate of drug-likeness (QED) is 0.503. The van der Waals surface area contributed by atoms with Crippen molar-refractivity contribution in [1.82, 2.24) is 10.0 Å². The van der Waals surface area contributed by atoms with Crippen molar-refractivity contribution < 1.29 is 0 Å². The second-order valence-electron chi connectivity index (χ2n) is 1.79. The van der Waals surface area contributed by atoms with Gasteiger partial charge in [0, 0.05) is 26.8 Å². The van der Waals surface area contributed by atoms with E-state index in [1.54, 1.807) is 6.20 Å². The molecule has 0 aromatic carbocycles. The van der Waals surface area contributed by atoms with E-state index in [2.05, 4.69) is 13.5 Å². The van der Waals surface area contributed by atoms with Crippen molar-refractivity contribution in [3.63, 3.8) is 0 Å². The standard InChI is InChI=1S/C6H14N2/c1-5-8(6-2)7(3)4/h5H,1,6H2,2-4H3. The minimum absolute atomic E-state index is 0.983. The van der Waals surface area contributed by atoms with Gasteiger partial charge in [-0.2, -0.15) is 0 Å². The van der Waals surface area contributed by atoms with Crippen LogP contribution in [0.3, 0.4) is 0 Å². The topological polar surface area (TPSA) is 6.48 Å². The Hall–Kier alpha value is -0.500. The average molecular weight is 114 g/mol. The zero-order valence-corrected chi connectivity index (χ0v) is 5.89. The Kier molecular flexibility index (Phi) is 3.28.